The maximum atomic E-state index is 13.2. The first-order valence-corrected chi connectivity index (χ1v) is 11.6. The number of hydrogen-bond acceptors (Lipinski definition) is 4. The second kappa shape index (κ2) is 7.67. The molecule has 0 amide bonds. The van der Waals surface area contributed by atoms with Crippen LogP contribution in [0.2, 0.25) is 0 Å². The normalized spacial score (nSPS) is 36.7. The average molecular weight is 413 g/mol. The second-order valence-electron chi connectivity index (χ2n) is 10.1. The van der Waals surface area contributed by atoms with Gasteiger partial charge in [0.25, 0.3) is 0 Å². The molecule has 5 rings (SSSR count). The number of benzene rings is 1. The molecule has 4 nitrogen and oxygen atoms in total. The van der Waals surface area contributed by atoms with Gasteiger partial charge in [-0.05, 0) is 54.9 Å². The van der Waals surface area contributed by atoms with Gasteiger partial charge in [-0.3, -0.25) is 9.69 Å². The molecule has 0 unspecified atom stereocenters. The number of anilines is 1. The van der Waals surface area contributed by atoms with Crippen LogP contribution in [0, 0.1) is 29.0 Å². The van der Waals surface area contributed by atoms with Gasteiger partial charge in [0.05, 0.1) is 5.92 Å². The molecule has 0 aromatic heterocycles. The fraction of sp³-hybridized carbons (Fsp3) is 0.640. The van der Waals surface area contributed by atoms with E-state index >= 15 is 0 Å². The Balaban J connectivity index is 1.25. The predicted octanol–water partition coefficient (Wildman–Crippen LogP) is 4.26. The fourth-order valence-electron chi connectivity index (χ4n) is 6.38. The molecule has 30 heavy (non-hydrogen) atoms. The van der Waals surface area contributed by atoms with Crippen molar-refractivity contribution in [3.05, 3.63) is 41.7 Å². The first-order chi connectivity index (χ1) is 14.4. The largest absolute Gasteiger partial charge is 0.461 e. The maximum Gasteiger partial charge on any atom is 0.311 e. The molecule has 0 spiro atoms. The number of piperazine rings is 1. The highest BCUT2D eigenvalue weighted by Crippen LogP contribution is 2.54. The molecule has 5 atom stereocenters. The fourth-order valence-corrected chi connectivity index (χ4v) is 6.38. The van der Waals surface area contributed by atoms with Crippen molar-refractivity contribution in [2.45, 2.75) is 45.6 Å². The second-order valence-corrected chi connectivity index (χ2v) is 10.1. The van der Waals surface area contributed by atoms with Gasteiger partial charge in [0, 0.05) is 44.3 Å². The number of hydrogen-bond donors (Lipinski definition) is 0. The summed E-state index contributed by atoms with van der Waals surface area (Å²) in [6.07, 6.45) is 7.27. The van der Waals surface area contributed by atoms with Gasteiger partial charge < -0.3 is 9.64 Å². The van der Waals surface area contributed by atoms with Gasteiger partial charge in [-0.2, -0.15) is 0 Å². The van der Waals surface area contributed by atoms with Crippen molar-refractivity contribution < 1.29 is 13.9 Å². The Morgan fingerprint density at radius 1 is 1.17 bits per heavy atom. The van der Waals surface area contributed by atoms with E-state index in [1.54, 1.807) is 5.57 Å². The Kier molecular flexibility index (Phi) is 5.12. The molecular weight excluding hydrogens is 379 g/mol. The van der Waals surface area contributed by atoms with E-state index in [0.29, 0.717) is 5.92 Å². The van der Waals surface area contributed by atoms with Crippen molar-refractivity contribution in [2.75, 3.05) is 37.6 Å². The molecule has 0 radical (unpaired) electrons. The van der Waals surface area contributed by atoms with Crippen LogP contribution in [0.5, 0.6) is 0 Å². The van der Waals surface area contributed by atoms with Crippen molar-refractivity contribution in [2.24, 2.45) is 23.2 Å². The van der Waals surface area contributed by atoms with Crippen molar-refractivity contribution in [3.8, 4) is 0 Å². The lowest BCUT2D eigenvalue weighted by Gasteiger charge is -2.46. The Labute approximate surface area is 179 Å². The summed E-state index contributed by atoms with van der Waals surface area (Å²) in [5.74, 6) is 0.615. The van der Waals surface area contributed by atoms with Crippen LogP contribution in [-0.2, 0) is 9.53 Å². The lowest BCUT2D eigenvalue weighted by atomic mass is 9.59. The van der Waals surface area contributed by atoms with Gasteiger partial charge in [0.1, 0.15) is 11.9 Å². The van der Waals surface area contributed by atoms with Crippen LogP contribution in [0.1, 0.15) is 39.5 Å². The SMILES string of the molecule is C[C@@H]1CCC[C@@]2(C)C[C@H]3OC(=O)[C@@H](CN4CCN(c5ccc(F)cc5)CC4)[C@@H]3C=C12. The first-order valence-electron chi connectivity index (χ1n) is 11.6. The van der Waals surface area contributed by atoms with Crippen molar-refractivity contribution in [1.29, 1.82) is 0 Å². The third-order valence-electron chi connectivity index (χ3n) is 8.10. The van der Waals surface area contributed by atoms with Crippen LogP contribution in [0.4, 0.5) is 10.1 Å². The van der Waals surface area contributed by atoms with E-state index < -0.39 is 0 Å². The molecule has 0 N–H and O–H groups in total. The van der Waals surface area contributed by atoms with E-state index in [1.165, 1.54) is 31.4 Å². The first kappa shape index (κ1) is 20.0. The van der Waals surface area contributed by atoms with Crippen LogP contribution in [0.3, 0.4) is 0 Å². The monoisotopic (exact) mass is 412 g/mol. The Bertz CT molecular complexity index is 830. The summed E-state index contributed by atoms with van der Waals surface area (Å²) >= 11 is 0. The summed E-state index contributed by atoms with van der Waals surface area (Å²) < 4.78 is 19.1. The highest BCUT2D eigenvalue weighted by molar-refractivity contribution is 5.76. The van der Waals surface area contributed by atoms with Crippen LogP contribution in [0.15, 0.2) is 35.9 Å². The summed E-state index contributed by atoms with van der Waals surface area (Å²) in [6, 6.07) is 6.74. The van der Waals surface area contributed by atoms with E-state index in [4.69, 9.17) is 4.74 Å². The number of halogens is 1. The Morgan fingerprint density at radius 2 is 1.90 bits per heavy atom. The van der Waals surface area contributed by atoms with E-state index in [-0.39, 0.29) is 35.1 Å². The predicted molar refractivity (Wildman–Crippen MR) is 116 cm³/mol. The number of carbonyl (C=O) groups is 1. The molecule has 1 aromatic rings. The topological polar surface area (TPSA) is 32.8 Å². The third kappa shape index (κ3) is 3.55. The number of esters is 1. The lowest BCUT2D eigenvalue weighted by Crippen LogP contribution is -2.49. The van der Waals surface area contributed by atoms with Gasteiger partial charge in [-0.15, -0.1) is 0 Å². The number of rotatable bonds is 3. The number of ether oxygens (including phenoxy) is 1. The minimum absolute atomic E-state index is 0.00212. The molecule has 0 bridgehead atoms. The summed E-state index contributed by atoms with van der Waals surface area (Å²) in [7, 11) is 0. The molecule has 2 aliphatic heterocycles. The molecule has 162 valence electrons. The van der Waals surface area contributed by atoms with Crippen LogP contribution >= 0.6 is 0 Å². The minimum Gasteiger partial charge on any atom is -0.461 e. The highest BCUT2D eigenvalue weighted by Gasteiger charge is 2.52. The van der Waals surface area contributed by atoms with Crippen molar-refractivity contribution >= 4 is 11.7 Å². The highest BCUT2D eigenvalue weighted by atomic mass is 19.1. The van der Waals surface area contributed by atoms with Gasteiger partial charge in [-0.1, -0.05) is 31.9 Å². The van der Waals surface area contributed by atoms with Gasteiger partial charge in [-0.25, -0.2) is 4.39 Å². The summed E-state index contributed by atoms with van der Waals surface area (Å²) in [5.41, 5.74) is 2.87. The Hall–Kier alpha value is -1.88. The molecule has 5 heteroatoms. The minimum atomic E-state index is -0.198. The van der Waals surface area contributed by atoms with E-state index in [2.05, 4.69) is 29.7 Å². The molecule has 2 heterocycles. The number of fused-ring (bicyclic) bond motifs is 2. The molecule has 2 saturated heterocycles. The van der Waals surface area contributed by atoms with Crippen LogP contribution in [0.25, 0.3) is 0 Å². The van der Waals surface area contributed by atoms with Gasteiger partial charge in [0.15, 0.2) is 0 Å². The zero-order valence-electron chi connectivity index (χ0n) is 18.1. The number of nitrogens with zero attached hydrogens (tertiary/aromatic N) is 2. The number of allylic oxidation sites excluding steroid dienone is 1. The smallest absolute Gasteiger partial charge is 0.311 e. The average Bonchev–Trinajstić information content (AvgIpc) is 3.01. The van der Waals surface area contributed by atoms with Crippen LogP contribution < -0.4 is 4.90 Å². The standard InChI is InChI=1S/C25H33FN2O2/c1-17-4-3-9-25(2)15-23-20(14-22(17)25)21(24(29)30-23)16-27-10-12-28(13-11-27)19-7-5-18(26)6-8-19/h5-8,14,17,20-21,23H,3-4,9-13,15-16H2,1-2H3/t17-,20+,21+,23-,25+/m1/s1. The van der Waals surface area contributed by atoms with E-state index in [1.807, 2.05) is 12.1 Å². The van der Waals surface area contributed by atoms with Crippen molar-refractivity contribution in [1.82, 2.24) is 4.90 Å². The lowest BCUT2D eigenvalue weighted by molar-refractivity contribution is -0.145. The van der Waals surface area contributed by atoms with Gasteiger partial charge >= 0.3 is 5.97 Å². The zero-order valence-corrected chi connectivity index (χ0v) is 18.1. The van der Waals surface area contributed by atoms with Crippen molar-refractivity contribution in [3.63, 3.8) is 0 Å². The molecule has 2 aliphatic carbocycles. The quantitative estimate of drug-likeness (QED) is 0.549. The third-order valence-corrected chi connectivity index (χ3v) is 8.10. The summed E-state index contributed by atoms with van der Waals surface area (Å²) in [6.45, 7) is 9.15. The van der Waals surface area contributed by atoms with E-state index in [0.717, 1.165) is 44.8 Å². The molecule has 3 fully saturated rings. The maximum absolute atomic E-state index is 13.2. The molecular formula is C25H33FN2O2. The van der Waals surface area contributed by atoms with E-state index in [9.17, 15) is 9.18 Å². The molecule has 1 aromatic carbocycles. The molecule has 4 aliphatic rings. The summed E-state index contributed by atoms with van der Waals surface area (Å²) in [5, 5.41) is 0. The zero-order chi connectivity index (χ0) is 20.9. The molecule has 1 saturated carbocycles. The summed E-state index contributed by atoms with van der Waals surface area (Å²) in [4.78, 5) is 17.5. The number of carbonyl (C=O) groups excluding carboxylic acids is 1. The van der Waals surface area contributed by atoms with Crippen LogP contribution in [-0.4, -0.2) is 49.7 Å². The Morgan fingerprint density at radius 3 is 2.63 bits per heavy atom. The van der Waals surface area contributed by atoms with Gasteiger partial charge in [0.2, 0.25) is 0 Å².